The summed E-state index contributed by atoms with van der Waals surface area (Å²) >= 11 is 0. The van der Waals surface area contributed by atoms with E-state index in [2.05, 4.69) is 5.32 Å². The fourth-order valence-corrected chi connectivity index (χ4v) is 3.39. The Morgan fingerprint density at radius 2 is 1.81 bits per heavy atom. The zero-order valence-corrected chi connectivity index (χ0v) is 18.6. The van der Waals surface area contributed by atoms with Crippen molar-refractivity contribution in [2.75, 3.05) is 0 Å². The maximum atomic E-state index is 13.0. The Labute approximate surface area is 186 Å². The molecular weight excluding hydrogens is 410 g/mol. The van der Waals surface area contributed by atoms with Gasteiger partial charge in [-0.25, -0.2) is 14.4 Å². The van der Waals surface area contributed by atoms with Gasteiger partial charge in [0.25, 0.3) is 0 Å². The number of alkyl carbamates (subject to hydrolysis) is 1. The van der Waals surface area contributed by atoms with Crippen molar-refractivity contribution in [2.45, 2.75) is 46.8 Å². The van der Waals surface area contributed by atoms with Crippen LogP contribution in [0.25, 0.3) is 11.0 Å². The molecule has 0 radical (unpaired) electrons. The summed E-state index contributed by atoms with van der Waals surface area (Å²) in [5, 5.41) is 3.17. The molecule has 3 rings (SSSR count). The van der Waals surface area contributed by atoms with E-state index in [0.29, 0.717) is 17.4 Å². The third-order valence-electron chi connectivity index (χ3n) is 5.03. The van der Waals surface area contributed by atoms with E-state index in [1.54, 1.807) is 26.0 Å². The Bertz CT molecular complexity index is 1170. The Hall–Kier alpha value is -3.61. The van der Waals surface area contributed by atoms with E-state index in [1.165, 1.54) is 6.07 Å². The molecule has 1 amide bonds. The number of carbonyl (C=O) groups is 2. The minimum atomic E-state index is -0.922. The predicted octanol–water partition coefficient (Wildman–Crippen LogP) is 4.52. The molecule has 2 aromatic carbocycles. The molecule has 0 aliphatic heterocycles. The summed E-state index contributed by atoms with van der Waals surface area (Å²) in [7, 11) is 0. The quantitative estimate of drug-likeness (QED) is 0.332. The third kappa shape index (κ3) is 5.55. The molecule has 7 nitrogen and oxygen atoms in total. The molecule has 0 unspecified atom stereocenters. The van der Waals surface area contributed by atoms with Crippen LogP contribution in [-0.4, -0.2) is 18.1 Å². The summed E-state index contributed by atoms with van der Waals surface area (Å²) < 4.78 is 16.3. The molecule has 0 bridgehead atoms. The van der Waals surface area contributed by atoms with Crippen molar-refractivity contribution in [3.8, 4) is 5.75 Å². The zero-order chi connectivity index (χ0) is 23.3. The first-order chi connectivity index (χ1) is 15.3. The number of rotatable bonds is 7. The summed E-state index contributed by atoms with van der Waals surface area (Å²) in [5.41, 5.74) is 2.23. The molecular formula is C25H27NO6. The average molecular weight is 437 g/mol. The monoisotopic (exact) mass is 437 g/mol. The van der Waals surface area contributed by atoms with Crippen molar-refractivity contribution in [3.63, 3.8) is 0 Å². The van der Waals surface area contributed by atoms with Gasteiger partial charge in [0.15, 0.2) is 0 Å². The van der Waals surface area contributed by atoms with Crippen molar-refractivity contribution in [1.82, 2.24) is 5.32 Å². The first kappa shape index (κ1) is 23.1. The predicted molar refractivity (Wildman–Crippen MR) is 121 cm³/mol. The number of amides is 1. The van der Waals surface area contributed by atoms with Crippen LogP contribution in [0.4, 0.5) is 4.79 Å². The van der Waals surface area contributed by atoms with E-state index < -0.39 is 23.7 Å². The van der Waals surface area contributed by atoms with Crippen LogP contribution in [0.5, 0.6) is 5.75 Å². The molecule has 1 heterocycles. The molecule has 1 aromatic heterocycles. The molecule has 168 valence electrons. The van der Waals surface area contributed by atoms with Gasteiger partial charge in [-0.05, 0) is 48.1 Å². The van der Waals surface area contributed by atoms with Gasteiger partial charge in [0.05, 0.1) is 5.39 Å². The molecule has 3 aromatic rings. The minimum absolute atomic E-state index is 0.0912. The molecule has 0 spiro atoms. The zero-order valence-electron chi connectivity index (χ0n) is 18.6. The molecule has 0 aliphatic rings. The molecule has 0 saturated heterocycles. The second kappa shape index (κ2) is 10.1. The van der Waals surface area contributed by atoms with Gasteiger partial charge in [-0.1, -0.05) is 51.1 Å². The van der Waals surface area contributed by atoms with Crippen LogP contribution in [0.15, 0.2) is 57.7 Å². The maximum absolute atomic E-state index is 13.0. The van der Waals surface area contributed by atoms with E-state index in [9.17, 15) is 14.4 Å². The summed E-state index contributed by atoms with van der Waals surface area (Å²) in [6.07, 6.45) is -0.147. The van der Waals surface area contributed by atoms with Gasteiger partial charge in [-0.15, -0.1) is 0 Å². The lowest BCUT2D eigenvalue weighted by Gasteiger charge is -2.21. The van der Waals surface area contributed by atoms with Crippen LogP contribution < -0.4 is 15.7 Å². The SMILES string of the molecule is CCc1cc(=O)oc2cc(C)cc(OC(=O)[C@@H](NC(=O)OCc3ccccc3)C(C)C)c12. The van der Waals surface area contributed by atoms with Gasteiger partial charge in [-0.3, -0.25) is 0 Å². The van der Waals surface area contributed by atoms with E-state index in [-0.39, 0.29) is 18.3 Å². The molecule has 0 saturated carbocycles. The second-order valence-electron chi connectivity index (χ2n) is 7.93. The first-order valence-corrected chi connectivity index (χ1v) is 10.5. The van der Waals surface area contributed by atoms with Crippen molar-refractivity contribution in [3.05, 3.63) is 75.6 Å². The highest BCUT2D eigenvalue weighted by Crippen LogP contribution is 2.30. The number of ether oxygens (including phenoxy) is 2. The van der Waals surface area contributed by atoms with E-state index in [4.69, 9.17) is 13.9 Å². The van der Waals surface area contributed by atoms with Gasteiger partial charge < -0.3 is 19.2 Å². The molecule has 0 aliphatic carbocycles. The number of hydrogen-bond donors (Lipinski definition) is 1. The summed E-state index contributed by atoms with van der Waals surface area (Å²) in [6.45, 7) is 7.41. The van der Waals surface area contributed by atoms with E-state index in [1.807, 2.05) is 44.2 Å². The third-order valence-corrected chi connectivity index (χ3v) is 5.03. The van der Waals surface area contributed by atoms with Crippen LogP contribution in [-0.2, 0) is 22.6 Å². The van der Waals surface area contributed by atoms with Crippen molar-refractivity contribution in [1.29, 1.82) is 0 Å². The smallest absolute Gasteiger partial charge is 0.408 e. The lowest BCUT2D eigenvalue weighted by molar-refractivity contribution is -0.137. The lowest BCUT2D eigenvalue weighted by Crippen LogP contribution is -2.46. The highest BCUT2D eigenvalue weighted by molar-refractivity contribution is 5.91. The van der Waals surface area contributed by atoms with Crippen LogP contribution >= 0.6 is 0 Å². The van der Waals surface area contributed by atoms with Gasteiger partial charge in [0, 0.05) is 6.07 Å². The molecule has 32 heavy (non-hydrogen) atoms. The lowest BCUT2D eigenvalue weighted by atomic mass is 10.0. The first-order valence-electron chi connectivity index (χ1n) is 10.5. The van der Waals surface area contributed by atoms with Crippen LogP contribution in [0, 0.1) is 12.8 Å². The molecule has 1 atom stereocenters. The Kier molecular flexibility index (Phi) is 7.30. The number of carbonyl (C=O) groups excluding carboxylic acids is 2. The highest BCUT2D eigenvalue weighted by Gasteiger charge is 2.28. The normalized spacial score (nSPS) is 11.9. The molecule has 1 N–H and O–H groups in total. The number of aryl methyl sites for hydroxylation is 2. The number of nitrogens with one attached hydrogen (secondary N) is 1. The Balaban J connectivity index is 1.79. The largest absolute Gasteiger partial charge is 0.445 e. The van der Waals surface area contributed by atoms with Crippen LogP contribution in [0.2, 0.25) is 0 Å². The van der Waals surface area contributed by atoms with Gasteiger partial charge >= 0.3 is 17.7 Å². The summed E-state index contributed by atoms with van der Waals surface area (Å²) in [5.74, 6) is -0.584. The topological polar surface area (TPSA) is 94.8 Å². The standard InChI is InChI=1S/C25H27NO6/c1-5-18-13-21(27)31-19-11-16(4)12-20(22(18)19)32-24(28)23(15(2)3)26-25(29)30-14-17-9-7-6-8-10-17/h6-13,15,23H,5,14H2,1-4H3,(H,26,29)/t23-/m0/s1. The van der Waals surface area contributed by atoms with Crippen molar-refractivity contribution >= 4 is 23.0 Å². The maximum Gasteiger partial charge on any atom is 0.408 e. The Morgan fingerprint density at radius 3 is 2.47 bits per heavy atom. The van der Waals surface area contributed by atoms with E-state index >= 15 is 0 Å². The Morgan fingerprint density at radius 1 is 1.09 bits per heavy atom. The fourth-order valence-electron chi connectivity index (χ4n) is 3.39. The van der Waals surface area contributed by atoms with Gasteiger partial charge in [0.2, 0.25) is 0 Å². The van der Waals surface area contributed by atoms with Crippen molar-refractivity contribution < 1.29 is 23.5 Å². The number of fused-ring (bicyclic) bond motifs is 1. The van der Waals surface area contributed by atoms with Crippen LogP contribution in [0.1, 0.15) is 37.5 Å². The average Bonchev–Trinajstić information content (AvgIpc) is 2.75. The number of benzene rings is 2. The second-order valence-corrected chi connectivity index (χ2v) is 7.93. The van der Waals surface area contributed by atoms with Crippen LogP contribution in [0.3, 0.4) is 0 Å². The number of hydrogen-bond acceptors (Lipinski definition) is 6. The van der Waals surface area contributed by atoms with Gasteiger partial charge in [-0.2, -0.15) is 0 Å². The fraction of sp³-hybridized carbons (Fsp3) is 0.320. The van der Waals surface area contributed by atoms with Crippen molar-refractivity contribution in [2.24, 2.45) is 5.92 Å². The summed E-state index contributed by atoms with van der Waals surface area (Å²) in [4.78, 5) is 37.2. The number of esters is 1. The van der Waals surface area contributed by atoms with E-state index in [0.717, 1.165) is 16.7 Å². The minimum Gasteiger partial charge on any atom is -0.445 e. The summed E-state index contributed by atoms with van der Waals surface area (Å²) in [6, 6.07) is 13.2. The van der Waals surface area contributed by atoms with Gasteiger partial charge in [0.1, 0.15) is 24.0 Å². The molecule has 0 fully saturated rings. The highest BCUT2D eigenvalue weighted by atomic mass is 16.6. The molecule has 7 heteroatoms.